The number of nitrogens with two attached hydrogens (primary N) is 1. The van der Waals surface area contributed by atoms with Crippen molar-refractivity contribution in [1.29, 1.82) is 0 Å². The maximum atomic E-state index is 12.6. The van der Waals surface area contributed by atoms with Gasteiger partial charge in [0.1, 0.15) is 0 Å². The molecule has 0 unspecified atom stereocenters. The van der Waals surface area contributed by atoms with Crippen LogP contribution in [0, 0.1) is 0 Å². The summed E-state index contributed by atoms with van der Waals surface area (Å²) in [6.07, 6.45) is 10.6. The van der Waals surface area contributed by atoms with Crippen molar-refractivity contribution in [3.05, 3.63) is 46.8 Å². The van der Waals surface area contributed by atoms with Crippen LogP contribution in [0.4, 0.5) is 0 Å². The molecule has 0 bridgehead atoms. The number of nitrogens with zero attached hydrogens (tertiary/aromatic N) is 3. The molecule has 1 heterocycles. The van der Waals surface area contributed by atoms with Gasteiger partial charge in [-0.2, -0.15) is 0 Å². The van der Waals surface area contributed by atoms with Crippen LogP contribution in [0.3, 0.4) is 0 Å². The summed E-state index contributed by atoms with van der Waals surface area (Å²) in [5.41, 5.74) is 10.4. The van der Waals surface area contributed by atoms with Crippen LogP contribution in [-0.2, 0) is 12.8 Å². The second-order valence-corrected chi connectivity index (χ2v) is 8.08. The fourth-order valence-electron chi connectivity index (χ4n) is 4.30. The molecule has 27 heavy (non-hydrogen) atoms. The summed E-state index contributed by atoms with van der Waals surface area (Å²) in [5, 5.41) is 11.4. The number of nitrogens with one attached hydrogen (secondary N) is 1. The van der Waals surface area contributed by atoms with Gasteiger partial charge in [-0.15, -0.1) is 5.10 Å². The van der Waals surface area contributed by atoms with Gasteiger partial charge in [-0.05, 0) is 75.0 Å². The molecular weight excluding hydrogens is 338 g/mol. The Kier molecular flexibility index (Phi) is 5.25. The summed E-state index contributed by atoms with van der Waals surface area (Å²) in [7, 11) is 0. The lowest BCUT2D eigenvalue weighted by Crippen LogP contribution is -2.28. The molecule has 3 N–H and O–H groups in total. The second-order valence-electron chi connectivity index (χ2n) is 8.08. The van der Waals surface area contributed by atoms with Gasteiger partial charge in [0.15, 0.2) is 5.69 Å². The summed E-state index contributed by atoms with van der Waals surface area (Å²) in [6, 6.07) is 7.15. The smallest absolute Gasteiger partial charge is 0.273 e. The van der Waals surface area contributed by atoms with Crippen LogP contribution in [0.5, 0.6) is 0 Å². The first-order valence-electron chi connectivity index (χ1n) is 10.2. The molecule has 6 nitrogen and oxygen atoms in total. The number of carbonyl (C=O) groups is 1. The van der Waals surface area contributed by atoms with Gasteiger partial charge in [-0.25, -0.2) is 4.68 Å². The first-order chi connectivity index (χ1) is 13.1. The summed E-state index contributed by atoms with van der Waals surface area (Å²) >= 11 is 0. The SMILES string of the molecule is C[C@H](NC(=O)c1cn(C2CCC(N)CC2)nn1)c1ccc2c(c1)CCCC2. The molecule has 1 fully saturated rings. The van der Waals surface area contributed by atoms with E-state index in [4.69, 9.17) is 5.73 Å². The Balaban J connectivity index is 1.40. The lowest BCUT2D eigenvalue weighted by molar-refractivity contribution is 0.0934. The molecule has 1 aromatic heterocycles. The number of hydrogen-bond donors (Lipinski definition) is 2. The molecule has 0 spiro atoms. The molecular formula is C21H29N5O. The van der Waals surface area contributed by atoms with E-state index in [2.05, 4.69) is 33.8 Å². The summed E-state index contributed by atoms with van der Waals surface area (Å²) in [5.74, 6) is -0.168. The van der Waals surface area contributed by atoms with Crippen molar-refractivity contribution in [2.75, 3.05) is 0 Å². The highest BCUT2D eigenvalue weighted by atomic mass is 16.2. The van der Waals surface area contributed by atoms with Gasteiger partial charge in [-0.3, -0.25) is 4.79 Å². The van der Waals surface area contributed by atoms with E-state index in [1.807, 2.05) is 11.6 Å². The van der Waals surface area contributed by atoms with E-state index in [0.717, 1.165) is 37.7 Å². The highest BCUT2D eigenvalue weighted by Crippen LogP contribution is 2.27. The number of amides is 1. The van der Waals surface area contributed by atoms with E-state index < -0.39 is 0 Å². The minimum Gasteiger partial charge on any atom is -0.344 e. The quantitative estimate of drug-likeness (QED) is 0.869. The van der Waals surface area contributed by atoms with Gasteiger partial charge in [0.05, 0.1) is 18.3 Å². The predicted molar refractivity (Wildman–Crippen MR) is 104 cm³/mol. The summed E-state index contributed by atoms with van der Waals surface area (Å²) < 4.78 is 1.84. The average Bonchev–Trinajstić information content (AvgIpc) is 3.18. The lowest BCUT2D eigenvalue weighted by atomic mass is 9.89. The number of aromatic nitrogens is 3. The number of carbonyl (C=O) groups excluding carboxylic acids is 1. The van der Waals surface area contributed by atoms with Crippen molar-refractivity contribution in [1.82, 2.24) is 20.3 Å². The van der Waals surface area contributed by atoms with Crippen molar-refractivity contribution in [2.24, 2.45) is 5.73 Å². The molecule has 4 rings (SSSR count). The van der Waals surface area contributed by atoms with Gasteiger partial charge in [0.2, 0.25) is 0 Å². The van der Waals surface area contributed by atoms with E-state index >= 15 is 0 Å². The normalized spacial score (nSPS) is 23.5. The van der Waals surface area contributed by atoms with Crippen molar-refractivity contribution in [3.8, 4) is 0 Å². The molecule has 1 aromatic carbocycles. The van der Waals surface area contributed by atoms with E-state index in [0.29, 0.717) is 17.8 Å². The molecule has 6 heteroatoms. The van der Waals surface area contributed by atoms with Gasteiger partial charge in [0, 0.05) is 6.04 Å². The third-order valence-corrected chi connectivity index (χ3v) is 6.08. The van der Waals surface area contributed by atoms with Crippen LogP contribution >= 0.6 is 0 Å². The number of benzene rings is 1. The molecule has 0 saturated heterocycles. The van der Waals surface area contributed by atoms with Crippen molar-refractivity contribution < 1.29 is 4.79 Å². The van der Waals surface area contributed by atoms with Crippen LogP contribution < -0.4 is 11.1 Å². The van der Waals surface area contributed by atoms with Gasteiger partial charge < -0.3 is 11.1 Å². The van der Waals surface area contributed by atoms with E-state index in [1.165, 1.54) is 30.4 Å². The molecule has 2 aliphatic carbocycles. The highest BCUT2D eigenvalue weighted by Gasteiger charge is 2.23. The van der Waals surface area contributed by atoms with Crippen molar-refractivity contribution in [2.45, 2.75) is 76.4 Å². The van der Waals surface area contributed by atoms with E-state index in [-0.39, 0.29) is 11.9 Å². The largest absolute Gasteiger partial charge is 0.344 e. The standard InChI is InChI=1S/C21H29N5O/c1-14(16-7-6-15-4-2-3-5-17(15)12-16)23-21(27)20-13-26(25-24-20)19-10-8-18(22)9-11-19/h6-7,12-14,18-19H,2-5,8-11,22H2,1H3,(H,23,27)/t14-,18?,19?/m0/s1. The molecule has 1 saturated carbocycles. The van der Waals surface area contributed by atoms with Gasteiger partial charge in [-0.1, -0.05) is 23.4 Å². The minimum absolute atomic E-state index is 0.0532. The van der Waals surface area contributed by atoms with Gasteiger partial charge in [0.25, 0.3) is 5.91 Å². The predicted octanol–water partition coefficient (Wildman–Crippen LogP) is 3.09. The average molecular weight is 367 g/mol. The van der Waals surface area contributed by atoms with Crippen molar-refractivity contribution >= 4 is 5.91 Å². The van der Waals surface area contributed by atoms with Crippen LogP contribution in [-0.4, -0.2) is 26.9 Å². The fraction of sp³-hybridized carbons (Fsp3) is 0.571. The maximum Gasteiger partial charge on any atom is 0.273 e. The van der Waals surface area contributed by atoms with Crippen molar-refractivity contribution in [3.63, 3.8) is 0 Å². The molecule has 1 amide bonds. The maximum absolute atomic E-state index is 12.6. The zero-order chi connectivity index (χ0) is 18.8. The van der Waals surface area contributed by atoms with E-state index in [1.54, 1.807) is 6.20 Å². The van der Waals surface area contributed by atoms with E-state index in [9.17, 15) is 4.79 Å². The first kappa shape index (κ1) is 18.2. The molecule has 2 aliphatic rings. The molecule has 1 atom stereocenters. The second kappa shape index (κ2) is 7.80. The zero-order valence-electron chi connectivity index (χ0n) is 16.0. The highest BCUT2D eigenvalue weighted by molar-refractivity contribution is 5.92. The fourth-order valence-corrected chi connectivity index (χ4v) is 4.30. The van der Waals surface area contributed by atoms with Crippen LogP contribution in [0.1, 0.15) is 84.7 Å². The topological polar surface area (TPSA) is 85.8 Å². The Morgan fingerprint density at radius 2 is 1.93 bits per heavy atom. The van der Waals surface area contributed by atoms with Crippen LogP contribution in [0.2, 0.25) is 0 Å². The number of hydrogen-bond acceptors (Lipinski definition) is 4. The Hall–Kier alpha value is -2.21. The molecule has 0 aliphatic heterocycles. The molecule has 2 aromatic rings. The lowest BCUT2D eigenvalue weighted by Gasteiger charge is -2.25. The molecule has 144 valence electrons. The Morgan fingerprint density at radius 3 is 2.70 bits per heavy atom. The molecule has 0 radical (unpaired) electrons. The Labute approximate surface area is 160 Å². The zero-order valence-corrected chi connectivity index (χ0v) is 16.0. The van der Waals surface area contributed by atoms with Crippen LogP contribution in [0.15, 0.2) is 24.4 Å². The Bertz CT molecular complexity index is 807. The summed E-state index contributed by atoms with van der Waals surface area (Å²) in [4.78, 5) is 12.6. The Morgan fingerprint density at radius 1 is 1.19 bits per heavy atom. The number of aryl methyl sites for hydroxylation is 2. The monoisotopic (exact) mass is 367 g/mol. The number of rotatable bonds is 4. The third-order valence-electron chi connectivity index (χ3n) is 6.08. The summed E-state index contributed by atoms with van der Waals surface area (Å²) in [6.45, 7) is 2.02. The first-order valence-corrected chi connectivity index (χ1v) is 10.2. The van der Waals surface area contributed by atoms with Gasteiger partial charge >= 0.3 is 0 Å². The number of fused-ring (bicyclic) bond motifs is 1. The minimum atomic E-state index is -0.168. The third kappa shape index (κ3) is 4.05. The van der Waals surface area contributed by atoms with Crippen LogP contribution in [0.25, 0.3) is 0 Å².